The van der Waals surface area contributed by atoms with E-state index >= 15 is 0 Å². The van der Waals surface area contributed by atoms with Crippen LogP contribution in [-0.4, -0.2) is 39.7 Å². The van der Waals surface area contributed by atoms with E-state index < -0.39 is 18.4 Å². The Bertz CT molecular complexity index is 392. The van der Waals surface area contributed by atoms with Gasteiger partial charge >= 0.3 is 12.1 Å². The molecule has 0 aliphatic carbocycles. The Balaban J connectivity index is 1.89. The van der Waals surface area contributed by atoms with E-state index in [0.717, 1.165) is 0 Å². The Morgan fingerprint density at radius 1 is 1.53 bits per heavy atom. The Hall–Kier alpha value is -1.64. The molecule has 1 N–H and O–H groups in total. The summed E-state index contributed by atoms with van der Waals surface area (Å²) in [6.45, 7) is 0.374. The summed E-state index contributed by atoms with van der Waals surface area (Å²) in [5.41, 5.74) is 0. The van der Waals surface area contributed by atoms with Crippen LogP contribution in [0.1, 0.15) is 12.5 Å². The fourth-order valence-electron chi connectivity index (χ4n) is 1.57. The molecule has 1 saturated heterocycles. The molecule has 0 radical (unpaired) electrons. The molecule has 1 unspecified atom stereocenters. The van der Waals surface area contributed by atoms with Gasteiger partial charge in [0.15, 0.2) is 6.23 Å². The summed E-state index contributed by atoms with van der Waals surface area (Å²) in [4.78, 5) is 14.3. The molecule has 1 aliphatic heterocycles. The van der Waals surface area contributed by atoms with E-state index in [1.165, 1.54) is 17.3 Å². The minimum absolute atomic E-state index is 0.163. The van der Waals surface area contributed by atoms with Gasteiger partial charge in [-0.15, -0.1) is 0 Å². The number of aromatic nitrogens is 3. The summed E-state index contributed by atoms with van der Waals surface area (Å²) in [5.74, 6) is -2.19. The van der Waals surface area contributed by atoms with Crippen LogP contribution in [0.3, 0.4) is 0 Å². The standard InChI is InChI=1S/C8H9F3N4O2/c9-8(10,11)7(16)17-6-1-5(2-13-6)15-4-12-3-14-15/h3-6,13H,1-2H2/t5-,6?/m0/s1. The number of alkyl halides is 3. The highest BCUT2D eigenvalue weighted by Crippen LogP contribution is 2.23. The number of rotatable bonds is 2. The van der Waals surface area contributed by atoms with Gasteiger partial charge in [-0.25, -0.2) is 14.5 Å². The lowest BCUT2D eigenvalue weighted by Gasteiger charge is -2.13. The third kappa shape index (κ3) is 2.73. The van der Waals surface area contributed by atoms with E-state index in [9.17, 15) is 18.0 Å². The maximum Gasteiger partial charge on any atom is 0.490 e. The summed E-state index contributed by atoms with van der Waals surface area (Å²) in [6.07, 6.45) is -2.90. The highest BCUT2D eigenvalue weighted by Gasteiger charge is 2.43. The number of hydrogen-bond donors (Lipinski definition) is 1. The van der Waals surface area contributed by atoms with E-state index in [1.807, 2.05) is 0 Å². The summed E-state index contributed by atoms with van der Waals surface area (Å²) in [6, 6.07) is -0.163. The number of nitrogens with one attached hydrogen (secondary N) is 1. The number of nitrogens with zero attached hydrogens (tertiary/aromatic N) is 3. The smallest absolute Gasteiger partial charge is 0.440 e. The first-order valence-corrected chi connectivity index (χ1v) is 4.82. The lowest BCUT2D eigenvalue weighted by Crippen LogP contribution is -2.34. The van der Waals surface area contributed by atoms with Crippen LogP contribution >= 0.6 is 0 Å². The molecule has 1 aromatic rings. The van der Waals surface area contributed by atoms with Gasteiger partial charge < -0.3 is 4.74 Å². The molecule has 17 heavy (non-hydrogen) atoms. The molecule has 0 amide bonds. The predicted molar refractivity (Wildman–Crippen MR) is 47.6 cm³/mol. The van der Waals surface area contributed by atoms with Gasteiger partial charge in [-0.2, -0.15) is 18.3 Å². The Morgan fingerprint density at radius 3 is 2.88 bits per heavy atom. The Kier molecular flexibility index (Phi) is 3.01. The lowest BCUT2D eigenvalue weighted by atomic mass is 10.2. The van der Waals surface area contributed by atoms with Crippen LogP contribution in [0.15, 0.2) is 12.7 Å². The van der Waals surface area contributed by atoms with Crippen molar-refractivity contribution in [1.29, 1.82) is 0 Å². The van der Waals surface area contributed by atoms with Crippen LogP contribution in [0.4, 0.5) is 13.2 Å². The van der Waals surface area contributed by atoms with Gasteiger partial charge in [-0.3, -0.25) is 5.32 Å². The highest BCUT2D eigenvalue weighted by molar-refractivity contribution is 5.75. The zero-order valence-electron chi connectivity index (χ0n) is 8.52. The zero-order chi connectivity index (χ0) is 12.5. The summed E-state index contributed by atoms with van der Waals surface area (Å²) in [5, 5.41) is 6.53. The fraction of sp³-hybridized carbons (Fsp3) is 0.625. The van der Waals surface area contributed by atoms with E-state index in [2.05, 4.69) is 20.1 Å². The van der Waals surface area contributed by atoms with Gasteiger partial charge in [0, 0.05) is 13.0 Å². The largest absolute Gasteiger partial charge is 0.490 e. The predicted octanol–water partition coefficient (Wildman–Crippen LogP) is 0.244. The van der Waals surface area contributed by atoms with Crippen molar-refractivity contribution in [2.45, 2.75) is 24.9 Å². The van der Waals surface area contributed by atoms with Gasteiger partial charge in [0.1, 0.15) is 12.7 Å². The van der Waals surface area contributed by atoms with Gasteiger partial charge in [0.25, 0.3) is 0 Å². The van der Waals surface area contributed by atoms with Crippen LogP contribution in [0.25, 0.3) is 0 Å². The third-order valence-electron chi connectivity index (χ3n) is 2.36. The molecule has 6 nitrogen and oxygen atoms in total. The minimum atomic E-state index is -4.97. The molecule has 2 atom stereocenters. The maximum absolute atomic E-state index is 11.9. The number of carbonyl (C=O) groups excluding carboxylic acids is 1. The normalized spacial score (nSPS) is 24.9. The summed E-state index contributed by atoms with van der Waals surface area (Å²) in [7, 11) is 0. The monoisotopic (exact) mass is 250 g/mol. The number of hydrogen-bond acceptors (Lipinski definition) is 5. The molecule has 0 aromatic carbocycles. The molecule has 0 saturated carbocycles. The quantitative estimate of drug-likeness (QED) is 0.762. The second-order valence-electron chi connectivity index (χ2n) is 3.56. The Labute approximate surface area is 93.8 Å². The van der Waals surface area contributed by atoms with Crippen molar-refractivity contribution in [3.8, 4) is 0 Å². The molecule has 0 spiro atoms. The molecule has 1 aliphatic rings. The average Bonchev–Trinajstić information content (AvgIpc) is 2.83. The maximum atomic E-state index is 11.9. The lowest BCUT2D eigenvalue weighted by molar-refractivity contribution is -0.205. The van der Waals surface area contributed by atoms with Gasteiger partial charge in [-0.05, 0) is 0 Å². The first kappa shape index (κ1) is 11.8. The van der Waals surface area contributed by atoms with Crippen molar-refractivity contribution in [2.75, 3.05) is 6.54 Å². The number of ether oxygens (including phenoxy) is 1. The van der Waals surface area contributed by atoms with Crippen molar-refractivity contribution in [2.24, 2.45) is 0 Å². The number of carbonyl (C=O) groups is 1. The first-order valence-electron chi connectivity index (χ1n) is 4.82. The topological polar surface area (TPSA) is 69.0 Å². The van der Waals surface area contributed by atoms with Crippen molar-refractivity contribution < 1.29 is 22.7 Å². The van der Waals surface area contributed by atoms with E-state index in [0.29, 0.717) is 6.54 Å². The SMILES string of the molecule is O=C(OC1C[C@H](n2cncn2)CN1)C(F)(F)F. The van der Waals surface area contributed by atoms with Crippen molar-refractivity contribution in [1.82, 2.24) is 20.1 Å². The second kappa shape index (κ2) is 4.32. The zero-order valence-corrected chi connectivity index (χ0v) is 8.52. The summed E-state index contributed by atoms with van der Waals surface area (Å²) >= 11 is 0. The van der Waals surface area contributed by atoms with Crippen LogP contribution in [0.2, 0.25) is 0 Å². The number of esters is 1. The molecule has 0 bridgehead atoms. The van der Waals surface area contributed by atoms with Crippen molar-refractivity contribution >= 4 is 5.97 Å². The average molecular weight is 250 g/mol. The Morgan fingerprint density at radius 2 is 2.29 bits per heavy atom. The molecular formula is C8H9F3N4O2. The highest BCUT2D eigenvalue weighted by atomic mass is 19.4. The molecular weight excluding hydrogens is 241 g/mol. The first-order chi connectivity index (χ1) is 7.97. The second-order valence-corrected chi connectivity index (χ2v) is 3.56. The van der Waals surface area contributed by atoms with Crippen LogP contribution in [0, 0.1) is 0 Å². The van der Waals surface area contributed by atoms with Crippen LogP contribution < -0.4 is 5.32 Å². The van der Waals surface area contributed by atoms with Crippen molar-refractivity contribution in [3.63, 3.8) is 0 Å². The van der Waals surface area contributed by atoms with Crippen LogP contribution in [0.5, 0.6) is 0 Å². The van der Waals surface area contributed by atoms with Gasteiger partial charge in [0.2, 0.25) is 0 Å². The van der Waals surface area contributed by atoms with E-state index in [4.69, 9.17) is 0 Å². The molecule has 2 rings (SSSR count). The van der Waals surface area contributed by atoms with Gasteiger partial charge in [-0.1, -0.05) is 0 Å². The fourth-order valence-corrected chi connectivity index (χ4v) is 1.57. The molecule has 9 heteroatoms. The molecule has 1 fully saturated rings. The van der Waals surface area contributed by atoms with Crippen LogP contribution in [-0.2, 0) is 9.53 Å². The van der Waals surface area contributed by atoms with E-state index in [-0.39, 0.29) is 12.5 Å². The minimum Gasteiger partial charge on any atom is -0.440 e. The van der Waals surface area contributed by atoms with Crippen molar-refractivity contribution in [3.05, 3.63) is 12.7 Å². The van der Waals surface area contributed by atoms with E-state index in [1.54, 1.807) is 0 Å². The molecule has 1 aromatic heterocycles. The molecule has 94 valence electrons. The number of halogens is 3. The third-order valence-corrected chi connectivity index (χ3v) is 2.36. The molecule has 2 heterocycles. The van der Waals surface area contributed by atoms with Gasteiger partial charge in [0.05, 0.1) is 6.04 Å². The summed E-state index contributed by atoms with van der Waals surface area (Å²) < 4.78 is 41.6.